The molecule has 2 saturated carbocycles. The molecule has 0 bridgehead atoms. The van der Waals surface area contributed by atoms with Crippen molar-refractivity contribution < 1.29 is 9.47 Å². The number of hydrogen-bond acceptors (Lipinski definition) is 2. The maximum atomic E-state index is 6.11. The van der Waals surface area contributed by atoms with E-state index in [4.69, 9.17) is 9.47 Å². The highest BCUT2D eigenvalue weighted by Gasteiger charge is 2.71. The van der Waals surface area contributed by atoms with Crippen molar-refractivity contribution in [3.8, 4) is 0 Å². The fraction of sp³-hybridized carbons (Fsp3) is 0.857. The van der Waals surface area contributed by atoms with Gasteiger partial charge in [0.05, 0.1) is 13.2 Å². The summed E-state index contributed by atoms with van der Waals surface area (Å²) in [6.45, 7) is 6.37. The lowest BCUT2D eigenvalue weighted by atomic mass is 9.65. The molecular formula is C14H20O2. The van der Waals surface area contributed by atoms with Crippen molar-refractivity contribution in [3.63, 3.8) is 0 Å². The Balaban J connectivity index is 1.84. The minimum atomic E-state index is -0.246. The summed E-state index contributed by atoms with van der Waals surface area (Å²) in [5.74, 6) is 2.44. The second-order valence-corrected chi connectivity index (χ2v) is 6.31. The Kier molecular flexibility index (Phi) is 1.65. The molecule has 0 aromatic carbocycles. The van der Waals surface area contributed by atoms with Crippen LogP contribution in [0.5, 0.6) is 0 Å². The number of ether oxygens (including phenoxy) is 2. The SMILES string of the molecule is C[C@@H]1CC[C@H]2[C@@H]1C1(OCCO1)[C@@H]1C=C[C@]21C. The van der Waals surface area contributed by atoms with E-state index in [1.807, 2.05) is 0 Å². The summed E-state index contributed by atoms with van der Waals surface area (Å²) in [6, 6.07) is 0. The summed E-state index contributed by atoms with van der Waals surface area (Å²) in [7, 11) is 0. The Labute approximate surface area is 97.0 Å². The van der Waals surface area contributed by atoms with Crippen LogP contribution in [0.4, 0.5) is 0 Å². The van der Waals surface area contributed by atoms with Crippen molar-refractivity contribution in [2.45, 2.75) is 32.5 Å². The highest BCUT2D eigenvalue weighted by Crippen LogP contribution is 2.70. The maximum absolute atomic E-state index is 6.11. The van der Waals surface area contributed by atoms with Gasteiger partial charge in [0, 0.05) is 17.3 Å². The summed E-state index contributed by atoms with van der Waals surface area (Å²) in [6.07, 6.45) is 7.45. The Morgan fingerprint density at radius 3 is 2.56 bits per heavy atom. The van der Waals surface area contributed by atoms with Crippen LogP contribution in [-0.4, -0.2) is 19.0 Å². The van der Waals surface area contributed by atoms with E-state index in [-0.39, 0.29) is 5.79 Å². The van der Waals surface area contributed by atoms with Crippen molar-refractivity contribution in [1.29, 1.82) is 0 Å². The molecule has 1 aliphatic heterocycles. The second kappa shape index (κ2) is 2.73. The number of hydrogen-bond donors (Lipinski definition) is 0. The van der Waals surface area contributed by atoms with E-state index in [1.165, 1.54) is 12.8 Å². The Morgan fingerprint density at radius 2 is 1.94 bits per heavy atom. The third kappa shape index (κ3) is 0.820. The molecule has 2 heteroatoms. The van der Waals surface area contributed by atoms with Gasteiger partial charge in [0.1, 0.15) is 0 Å². The second-order valence-electron chi connectivity index (χ2n) is 6.31. The van der Waals surface area contributed by atoms with E-state index in [9.17, 15) is 0 Å². The van der Waals surface area contributed by atoms with Crippen LogP contribution in [0.25, 0.3) is 0 Å². The zero-order chi connectivity index (χ0) is 11.0. The average molecular weight is 220 g/mol. The quantitative estimate of drug-likeness (QED) is 0.584. The molecule has 0 N–H and O–H groups in total. The Bertz CT molecular complexity index is 356. The summed E-state index contributed by atoms with van der Waals surface area (Å²) in [4.78, 5) is 0. The van der Waals surface area contributed by atoms with Crippen LogP contribution >= 0.6 is 0 Å². The molecular weight excluding hydrogens is 200 g/mol. The molecule has 3 fully saturated rings. The summed E-state index contributed by atoms with van der Waals surface area (Å²) in [5.41, 5.74) is 0.361. The average Bonchev–Trinajstić information content (AvgIpc) is 2.85. The molecule has 1 heterocycles. The van der Waals surface area contributed by atoms with Crippen LogP contribution in [-0.2, 0) is 9.47 Å². The van der Waals surface area contributed by atoms with E-state index in [0.717, 1.165) is 25.0 Å². The van der Waals surface area contributed by atoms with Gasteiger partial charge >= 0.3 is 0 Å². The molecule has 2 nitrogen and oxygen atoms in total. The van der Waals surface area contributed by atoms with Gasteiger partial charge in [-0.2, -0.15) is 0 Å². The lowest BCUT2D eigenvalue weighted by Crippen LogP contribution is -2.46. The fourth-order valence-electron chi connectivity index (χ4n) is 5.01. The predicted molar refractivity (Wildman–Crippen MR) is 60.8 cm³/mol. The number of fused-ring (bicyclic) bond motifs is 5. The van der Waals surface area contributed by atoms with Crippen LogP contribution in [0.1, 0.15) is 26.7 Å². The Morgan fingerprint density at radius 1 is 1.19 bits per heavy atom. The fourth-order valence-corrected chi connectivity index (χ4v) is 5.01. The van der Waals surface area contributed by atoms with Gasteiger partial charge in [-0.05, 0) is 24.7 Å². The van der Waals surface area contributed by atoms with Crippen molar-refractivity contribution in [2.24, 2.45) is 29.1 Å². The predicted octanol–water partition coefficient (Wildman–Crippen LogP) is 2.60. The molecule has 0 amide bonds. The molecule has 4 aliphatic rings. The molecule has 0 unspecified atom stereocenters. The van der Waals surface area contributed by atoms with Crippen molar-refractivity contribution in [3.05, 3.63) is 12.2 Å². The van der Waals surface area contributed by atoms with Crippen molar-refractivity contribution in [2.75, 3.05) is 13.2 Å². The van der Waals surface area contributed by atoms with Crippen molar-refractivity contribution >= 4 is 0 Å². The van der Waals surface area contributed by atoms with E-state index in [2.05, 4.69) is 26.0 Å². The first-order valence-corrected chi connectivity index (χ1v) is 6.66. The van der Waals surface area contributed by atoms with Gasteiger partial charge in [-0.1, -0.05) is 26.0 Å². The third-order valence-electron chi connectivity index (χ3n) is 5.73. The monoisotopic (exact) mass is 220 g/mol. The molecule has 88 valence electrons. The van der Waals surface area contributed by atoms with E-state index in [1.54, 1.807) is 0 Å². The molecule has 16 heavy (non-hydrogen) atoms. The zero-order valence-electron chi connectivity index (χ0n) is 10.1. The minimum absolute atomic E-state index is 0.246. The van der Waals surface area contributed by atoms with Crippen LogP contribution in [0.3, 0.4) is 0 Å². The van der Waals surface area contributed by atoms with Crippen LogP contribution in [0.2, 0.25) is 0 Å². The molecule has 0 aromatic heterocycles. The number of allylic oxidation sites excluding steroid dienone is 1. The lowest BCUT2D eigenvalue weighted by molar-refractivity contribution is -0.215. The van der Waals surface area contributed by atoms with Gasteiger partial charge in [-0.3, -0.25) is 0 Å². The zero-order valence-corrected chi connectivity index (χ0v) is 10.1. The maximum Gasteiger partial charge on any atom is 0.178 e. The van der Waals surface area contributed by atoms with E-state index in [0.29, 0.717) is 17.3 Å². The van der Waals surface area contributed by atoms with Gasteiger partial charge in [0.15, 0.2) is 5.79 Å². The third-order valence-corrected chi connectivity index (χ3v) is 5.73. The van der Waals surface area contributed by atoms with E-state index >= 15 is 0 Å². The molecule has 0 radical (unpaired) electrons. The summed E-state index contributed by atoms with van der Waals surface area (Å²) >= 11 is 0. The minimum Gasteiger partial charge on any atom is -0.347 e. The van der Waals surface area contributed by atoms with Gasteiger partial charge in [-0.15, -0.1) is 0 Å². The highest BCUT2D eigenvalue weighted by atomic mass is 16.7. The first-order chi connectivity index (χ1) is 7.68. The first kappa shape index (κ1) is 9.67. The molecule has 5 atom stereocenters. The van der Waals surface area contributed by atoms with Crippen LogP contribution in [0, 0.1) is 29.1 Å². The van der Waals surface area contributed by atoms with E-state index < -0.39 is 0 Å². The molecule has 4 rings (SSSR count). The number of rotatable bonds is 0. The highest BCUT2D eigenvalue weighted by molar-refractivity contribution is 5.31. The topological polar surface area (TPSA) is 18.5 Å². The van der Waals surface area contributed by atoms with Crippen molar-refractivity contribution in [1.82, 2.24) is 0 Å². The standard InChI is InChI=1S/C14H20O2/c1-9-3-4-10-12(9)14(15-7-8-16-14)11-5-6-13(10,11)2/h5-6,9-12H,3-4,7-8H2,1-2H3/t9-,10+,11-,12-,13-/m1/s1. The van der Waals surface area contributed by atoms with Crippen LogP contribution in [0.15, 0.2) is 12.2 Å². The van der Waals surface area contributed by atoms with Crippen LogP contribution < -0.4 is 0 Å². The molecule has 1 saturated heterocycles. The van der Waals surface area contributed by atoms with Gasteiger partial charge in [0.25, 0.3) is 0 Å². The summed E-state index contributed by atoms with van der Waals surface area (Å²) in [5, 5.41) is 0. The molecule has 1 spiro atoms. The largest absolute Gasteiger partial charge is 0.347 e. The van der Waals surface area contributed by atoms with Gasteiger partial charge < -0.3 is 9.47 Å². The Hall–Kier alpha value is -0.340. The van der Waals surface area contributed by atoms with Gasteiger partial charge in [0.2, 0.25) is 0 Å². The first-order valence-electron chi connectivity index (χ1n) is 6.66. The molecule has 3 aliphatic carbocycles. The molecule has 0 aromatic rings. The smallest absolute Gasteiger partial charge is 0.178 e. The van der Waals surface area contributed by atoms with Gasteiger partial charge in [-0.25, -0.2) is 0 Å². The normalized spacial score (nSPS) is 56.4. The lowest BCUT2D eigenvalue weighted by Gasteiger charge is -2.43. The summed E-state index contributed by atoms with van der Waals surface area (Å²) < 4.78 is 12.2.